The molecule has 4 heteroatoms. The number of hydrogen-bond donors (Lipinski definition) is 2. The fourth-order valence-electron chi connectivity index (χ4n) is 3.16. The van der Waals surface area contributed by atoms with Crippen molar-refractivity contribution in [3.05, 3.63) is 35.4 Å². The first-order chi connectivity index (χ1) is 12.4. The average molecular weight is 359 g/mol. The molecule has 2 N–H and O–H groups in total. The smallest absolute Gasteiger partial charge is 0.223 e. The van der Waals surface area contributed by atoms with Gasteiger partial charge in [-0.25, -0.2) is 0 Å². The number of amides is 2. The van der Waals surface area contributed by atoms with Gasteiger partial charge in [0.1, 0.15) is 0 Å². The van der Waals surface area contributed by atoms with Crippen molar-refractivity contribution in [3.63, 3.8) is 0 Å². The number of rotatable bonds is 10. The summed E-state index contributed by atoms with van der Waals surface area (Å²) >= 11 is 0. The third-order valence-corrected chi connectivity index (χ3v) is 4.79. The fourth-order valence-corrected chi connectivity index (χ4v) is 3.16. The van der Waals surface area contributed by atoms with Gasteiger partial charge in [0, 0.05) is 18.9 Å². The molecule has 1 aliphatic carbocycles. The number of carbonyl (C=O) groups is 2. The van der Waals surface area contributed by atoms with E-state index in [1.807, 2.05) is 0 Å². The molecule has 0 radical (unpaired) electrons. The lowest BCUT2D eigenvalue weighted by Gasteiger charge is -2.23. The maximum atomic E-state index is 12.3. The maximum absolute atomic E-state index is 12.3. The maximum Gasteiger partial charge on any atom is 0.223 e. The Bertz CT molecular complexity index is 589. The monoisotopic (exact) mass is 358 g/mol. The van der Waals surface area contributed by atoms with Crippen molar-refractivity contribution < 1.29 is 9.59 Å². The minimum Gasteiger partial charge on any atom is -0.356 e. The quantitative estimate of drug-likeness (QED) is 0.621. The molecule has 2 rings (SSSR count). The zero-order valence-electron chi connectivity index (χ0n) is 16.7. The summed E-state index contributed by atoms with van der Waals surface area (Å²) in [6, 6.07) is 8.64. The second kappa shape index (κ2) is 9.75. The van der Waals surface area contributed by atoms with Crippen LogP contribution in [0, 0.1) is 17.8 Å². The Morgan fingerprint density at radius 3 is 2.27 bits per heavy atom. The Labute approximate surface area is 158 Å². The van der Waals surface area contributed by atoms with Crippen molar-refractivity contribution in [3.8, 4) is 0 Å². The van der Waals surface area contributed by atoms with Crippen molar-refractivity contribution in [1.29, 1.82) is 0 Å². The van der Waals surface area contributed by atoms with Crippen molar-refractivity contribution in [2.24, 2.45) is 17.8 Å². The second-order valence-corrected chi connectivity index (χ2v) is 8.30. The molecule has 26 heavy (non-hydrogen) atoms. The topological polar surface area (TPSA) is 58.2 Å². The van der Waals surface area contributed by atoms with E-state index in [1.165, 1.54) is 5.56 Å². The molecule has 0 saturated heterocycles. The van der Waals surface area contributed by atoms with Crippen LogP contribution in [0.2, 0.25) is 0 Å². The van der Waals surface area contributed by atoms with Crippen LogP contribution in [0.4, 0.5) is 0 Å². The Morgan fingerprint density at radius 2 is 1.73 bits per heavy atom. The number of benzene rings is 1. The normalized spacial score (nSPS) is 15.2. The van der Waals surface area contributed by atoms with Crippen LogP contribution >= 0.6 is 0 Å². The highest BCUT2D eigenvalue weighted by atomic mass is 16.2. The van der Waals surface area contributed by atoms with Gasteiger partial charge in [0.05, 0.1) is 6.04 Å². The van der Waals surface area contributed by atoms with Crippen molar-refractivity contribution in [2.75, 3.05) is 6.54 Å². The van der Waals surface area contributed by atoms with Crippen LogP contribution in [-0.4, -0.2) is 18.4 Å². The lowest BCUT2D eigenvalue weighted by Crippen LogP contribution is -2.32. The van der Waals surface area contributed by atoms with Gasteiger partial charge in [-0.15, -0.1) is 0 Å². The van der Waals surface area contributed by atoms with Crippen molar-refractivity contribution in [2.45, 2.75) is 65.8 Å². The van der Waals surface area contributed by atoms with Crippen LogP contribution in [0.15, 0.2) is 24.3 Å². The molecule has 4 nitrogen and oxygen atoms in total. The summed E-state index contributed by atoms with van der Waals surface area (Å²) in [5.74, 6) is 1.39. The van der Waals surface area contributed by atoms with E-state index in [9.17, 15) is 9.59 Å². The summed E-state index contributed by atoms with van der Waals surface area (Å²) in [5, 5.41) is 6.08. The van der Waals surface area contributed by atoms with Gasteiger partial charge in [-0.05, 0) is 48.6 Å². The van der Waals surface area contributed by atoms with Gasteiger partial charge in [-0.1, -0.05) is 52.0 Å². The Balaban J connectivity index is 1.80. The third kappa shape index (κ3) is 6.81. The van der Waals surface area contributed by atoms with E-state index in [2.05, 4.69) is 62.6 Å². The highest BCUT2D eigenvalue weighted by molar-refractivity contribution is 5.81. The summed E-state index contributed by atoms with van der Waals surface area (Å²) in [6.45, 7) is 9.28. The van der Waals surface area contributed by atoms with Crippen LogP contribution in [0.1, 0.15) is 70.5 Å². The molecule has 0 bridgehead atoms. The molecule has 144 valence electrons. The minimum atomic E-state index is 0.0247. The SMILES string of the molecule is CC(C)Cc1ccc(C(NC(=O)CCCNC(=O)C2CC2)C(C)C)cc1. The molecule has 1 saturated carbocycles. The lowest BCUT2D eigenvalue weighted by atomic mass is 9.93. The molecule has 1 fully saturated rings. The zero-order chi connectivity index (χ0) is 19.1. The van der Waals surface area contributed by atoms with Crippen LogP contribution in [0.3, 0.4) is 0 Å². The van der Waals surface area contributed by atoms with E-state index < -0.39 is 0 Å². The Hall–Kier alpha value is -1.84. The molecule has 2 amide bonds. The highest BCUT2D eigenvalue weighted by Crippen LogP contribution is 2.28. The van der Waals surface area contributed by atoms with E-state index in [-0.39, 0.29) is 23.8 Å². The third-order valence-electron chi connectivity index (χ3n) is 4.79. The molecule has 1 aromatic carbocycles. The number of nitrogens with one attached hydrogen (secondary N) is 2. The van der Waals surface area contributed by atoms with E-state index in [0.29, 0.717) is 31.2 Å². The van der Waals surface area contributed by atoms with Crippen LogP contribution in [0.5, 0.6) is 0 Å². The lowest BCUT2D eigenvalue weighted by molar-refractivity contribution is -0.124. The molecule has 0 spiro atoms. The molecule has 1 unspecified atom stereocenters. The summed E-state index contributed by atoms with van der Waals surface area (Å²) in [4.78, 5) is 23.9. The number of hydrogen-bond acceptors (Lipinski definition) is 2. The fraction of sp³-hybridized carbons (Fsp3) is 0.636. The number of carbonyl (C=O) groups excluding carboxylic acids is 2. The van der Waals surface area contributed by atoms with E-state index in [0.717, 1.165) is 24.8 Å². The standard InChI is InChI=1S/C22H34N2O2/c1-15(2)14-17-7-9-18(10-8-17)21(16(3)4)24-20(25)6-5-13-23-22(26)19-11-12-19/h7-10,15-16,19,21H,5-6,11-14H2,1-4H3,(H,23,26)(H,24,25). The molecular weight excluding hydrogens is 324 g/mol. The molecule has 1 aromatic rings. The first-order valence-electron chi connectivity index (χ1n) is 10.0. The van der Waals surface area contributed by atoms with Gasteiger partial charge < -0.3 is 10.6 Å². The first-order valence-corrected chi connectivity index (χ1v) is 10.0. The molecule has 1 aliphatic rings. The molecule has 0 aliphatic heterocycles. The van der Waals surface area contributed by atoms with Gasteiger partial charge >= 0.3 is 0 Å². The predicted molar refractivity (Wildman–Crippen MR) is 106 cm³/mol. The first kappa shape index (κ1) is 20.5. The van der Waals surface area contributed by atoms with E-state index >= 15 is 0 Å². The van der Waals surface area contributed by atoms with Crippen LogP contribution in [0.25, 0.3) is 0 Å². The molecule has 1 atom stereocenters. The van der Waals surface area contributed by atoms with Crippen LogP contribution in [-0.2, 0) is 16.0 Å². The molecule has 0 aromatic heterocycles. The summed E-state index contributed by atoms with van der Waals surface area (Å²) < 4.78 is 0. The Kier molecular flexibility index (Phi) is 7.67. The van der Waals surface area contributed by atoms with Gasteiger partial charge in [0.15, 0.2) is 0 Å². The average Bonchev–Trinajstić information content (AvgIpc) is 3.41. The van der Waals surface area contributed by atoms with Gasteiger partial charge in [-0.2, -0.15) is 0 Å². The summed E-state index contributed by atoms with van der Waals surface area (Å²) in [5.41, 5.74) is 2.49. The molecular formula is C22H34N2O2. The minimum absolute atomic E-state index is 0.0247. The highest BCUT2D eigenvalue weighted by Gasteiger charge is 2.29. The molecule has 0 heterocycles. The Morgan fingerprint density at radius 1 is 1.08 bits per heavy atom. The largest absolute Gasteiger partial charge is 0.356 e. The summed E-state index contributed by atoms with van der Waals surface area (Å²) in [7, 11) is 0. The van der Waals surface area contributed by atoms with Crippen molar-refractivity contribution >= 4 is 11.8 Å². The van der Waals surface area contributed by atoms with Gasteiger partial charge in [0.25, 0.3) is 0 Å². The zero-order valence-corrected chi connectivity index (χ0v) is 16.7. The van der Waals surface area contributed by atoms with E-state index in [4.69, 9.17) is 0 Å². The van der Waals surface area contributed by atoms with Gasteiger partial charge in [0.2, 0.25) is 11.8 Å². The second-order valence-electron chi connectivity index (χ2n) is 8.30. The van der Waals surface area contributed by atoms with Crippen LogP contribution < -0.4 is 10.6 Å². The van der Waals surface area contributed by atoms with Gasteiger partial charge in [-0.3, -0.25) is 9.59 Å². The summed E-state index contributed by atoms with van der Waals surface area (Å²) in [6.07, 6.45) is 4.23. The van der Waals surface area contributed by atoms with E-state index in [1.54, 1.807) is 0 Å². The predicted octanol–water partition coefficient (Wildman–Crippen LogP) is 4.00. The van der Waals surface area contributed by atoms with Crippen molar-refractivity contribution in [1.82, 2.24) is 10.6 Å².